The molecular weight excluding hydrogens is 357 g/mol. The Morgan fingerprint density at radius 1 is 1.15 bits per heavy atom. The molecule has 0 aliphatic rings. The number of rotatable bonds is 12. The smallest absolute Gasteiger partial charge is 0.182 e. The zero-order valence-corrected chi connectivity index (χ0v) is 16.6. The molecule has 27 heavy (non-hydrogen) atoms. The highest BCUT2D eigenvalue weighted by Gasteiger charge is 2.16. The second-order valence-electron chi connectivity index (χ2n) is 6.44. The molecule has 0 saturated heterocycles. The molecule has 2 rings (SSSR count). The number of benzene rings is 2. The van der Waals surface area contributed by atoms with Gasteiger partial charge in [0.25, 0.3) is 0 Å². The largest absolute Gasteiger partial charge is 0.490 e. The Bertz CT molecular complexity index is 699. The number of carbonyl (C=O) groups is 1. The molecule has 1 unspecified atom stereocenters. The van der Waals surface area contributed by atoms with Crippen LogP contribution in [0.3, 0.4) is 0 Å². The van der Waals surface area contributed by atoms with Crippen LogP contribution in [0.25, 0.3) is 0 Å². The van der Waals surface area contributed by atoms with E-state index in [1.54, 1.807) is 16.9 Å². The van der Waals surface area contributed by atoms with Gasteiger partial charge in [-0.15, -0.1) is 0 Å². The van der Waals surface area contributed by atoms with E-state index in [-0.39, 0.29) is 18.5 Å². The quantitative estimate of drug-likeness (QED) is 0.261. The lowest BCUT2D eigenvalue weighted by Gasteiger charge is -2.23. The first-order valence-electron chi connectivity index (χ1n) is 9.22. The predicted molar refractivity (Wildman–Crippen MR) is 113 cm³/mol. The average Bonchev–Trinajstić information content (AvgIpc) is 2.70. The molecule has 142 valence electrons. The third-order valence-corrected chi connectivity index (χ3v) is 4.49. The van der Waals surface area contributed by atoms with Crippen molar-refractivity contribution < 1.29 is 13.7 Å². The van der Waals surface area contributed by atoms with Crippen molar-refractivity contribution in [3.63, 3.8) is 0 Å². The molecule has 0 aliphatic heterocycles. The van der Waals surface area contributed by atoms with Crippen LogP contribution in [-0.4, -0.2) is 44.4 Å². The second kappa shape index (κ2) is 11.9. The van der Waals surface area contributed by atoms with Crippen molar-refractivity contribution in [3.8, 4) is 5.75 Å². The van der Waals surface area contributed by atoms with Crippen LogP contribution < -0.4 is 4.74 Å². The van der Waals surface area contributed by atoms with Crippen molar-refractivity contribution in [1.82, 2.24) is 4.81 Å². The van der Waals surface area contributed by atoms with Gasteiger partial charge in [0.15, 0.2) is 13.8 Å². The van der Waals surface area contributed by atoms with Crippen molar-refractivity contribution >= 4 is 26.7 Å². The summed E-state index contributed by atoms with van der Waals surface area (Å²) in [5, 5.41) is 0. The van der Waals surface area contributed by atoms with Gasteiger partial charge in [0, 0.05) is 13.0 Å². The minimum Gasteiger partial charge on any atom is -0.490 e. The standard InChI is InChI=1S/C21H26BNO3S/c1-2-14-23(22)15-18(26-27)16-25-21-11-7-6-10-19(21)20(24)13-12-17-8-4-3-5-9-17/h3-11,18,27H,2,12-16H2,1H3. The Hall–Kier alpha value is -1.76. The van der Waals surface area contributed by atoms with E-state index in [0.29, 0.717) is 30.7 Å². The van der Waals surface area contributed by atoms with Crippen LogP contribution >= 0.6 is 12.9 Å². The number of aryl methyl sites for hydroxylation is 1. The number of carbonyl (C=O) groups excluding carboxylic acids is 1. The summed E-state index contributed by atoms with van der Waals surface area (Å²) in [6, 6.07) is 17.3. The molecule has 1 atom stereocenters. The van der Waals surface area contributed by atoms with E-state index in [4.69, 9.17) is 16.9 Å². The summed E-state index contributed by atoms with van der Waals surface area (Å²) in [4.78, 5) is 14.3. The Morgan fingerprint density at radius 3 is 2.56 bits per heavy atom. The van der Waals surface area contributed by atoms with E-state index < -0.39 is 0 Å². The van der Waals surface area contributed by atoms with Gasteiger partial charge in [0.05, 0.1) is 5.56 Å². The molecule has 0 fully saturated rings. The minimum atomic E-state index is -0.294. The van der Waals surface area contributed by atoms with Gasteiger partial charge >= 0.3 is 0 Å². The monoisotopic (exact) mass is 383 g/mol. The van der Waals surface area contributed by atoms with Crippen molar-refractivity contribution in [2.45, 2.75) is 32.3 Å². The topological polar surface area (TPSA) is 38.8 Å². The molecular formula is C21H26BNO3S. The highest BCUT2D eigenvalue weighted by Crippen LogP contribution is 2.21. The second-order valence-corrected chi connectivity index (χ2v) is 6.65. The molecule has 0 spiro atoms. The average molecular weight is 383 g/mol. The van der Waals surface area contributed by atoms with Crippen LogP contribution in [0.2, 0.25) is 0 Å². The Balaban J connectivity index is 1.94. The first-order chi connectivity index (χ1) is 13.1. The van der Waals surface area contributed by atoms with Crippen LogP contribution in [0, 0.1) is 0 Å². The highest BCUT2D eigenvalue weighted by atomic mass is 32.1. The first-order valence-corrected chi connectivity index (χ1v) is 9.59. The summed E-state index contributed by atoms with van der Waals surface area (Å²) in [7, 11) is 5.91. The van der Waals surface area contributed by atoms with Crippen LogP contribution in [0.1, 0.15) is 35.7 Å². The maximum absolute atomic E-state index is 12.7. The van der Waals surface area contributed by atoms with Crippen molar-refractivity contribution in [2.75, 3.05) is 19.7 Å². The van der Waals surface area contributed by atoms with Crippen molar-refractivity contribution in [1.29, 1.82) is 0 Å². The molecule has 0 amide bonds. The summed E-state index contributed by atoms with van der Waals surface area (Å²) in [6.45, 7) is 3.60. The van der Waals surface area contributed by atoms with E-state index in [1.165, 1.54) is 0 Å². The summed E-state index contributed by atoms with van der Waals surface area (Å²) in [5.41, 5.74) is 1.73. The fraction of sp³-hybridized carbons (Fsp3) is 0.381. The van der Waals surface area contributed by atoms with Gasteiger partial charge in [-0.2, -0.15) is 0 Å². The van der Waals surface area contributed by atoms with Gasteiger partial charge in [-0.25, -0.2) is 0 Å². The van der Waals surface area contributed by atoms with E-state index in [1.807, 2.05) is 42.5 Å². The molecule has 0 bridgehead atoms. The van der Waals surface area contributed by atoms with E-state index >= 15 is 0 Å². The number of ketones is 1. The zero-order valence-electron chi connectivity index (χ0n) is 15.7. The normalized spacial score (nSPS) is 12.1. The minimum absolute atomic E-state index is 0.0595. The summed E-state index contributed by atoms with van der Waals surface area (Å²) >= 11 is 3.92. The molecule has 0 N–H and O–H groups in total. The zero-order chi connectivity index (χ0) is 19.5. The van der Waals surface area contributed by atoms with Gasteiger partial charge in [0.1, 0.15) is 18.5 Å². The molecule has 6 heteroatoms. The van der Waals surface area contributed by atoms with Crippen LogP contribution in [-0.2, 0) is 10.6 Å². The highest BCUT2D eigenvalue weighted by molar-refractivity contribution is 7.75. The molecule has 4 nitrogen and oxygen atoms in total. The molecule has 0 saturated carbocycles. The molecule has 2 aromatic carbocycles. The fourth-order valence-electron chi connectivity index (χ4n) is 2.80. The Kier molecular flexibility index (Phi) is 9.46. The molecule has 0 aliphatic carbocycles. The van der Waals surface area contributed by atoms with Crippen molar-refractivity contribution in [3.05, 3.63) is 65.7 Å². The third kappa shape index (κ3) is 7.41. The molecule has 0 heterocycles. The fourth-order valence-corrected chi connectivity index (χ4v) is 2.93. The number of hydrogen-bond donors (Lipinski definition) is 1. The number of Topliss-reactive ketones (excluding diaryl/α,β-unsaturated/α-hetero) is 1. The molecule has 0 aromatic heterocycles. The van der Waals surface area contributed by atoms with Crippen LogP contribution in [0.5, 0.6) is 5.75 Å². The van der Waals surface area contributed by atoms with Gasteiger partial charge in [-0.1, -0.05) is 49.4 Å². The lowest BCUT2D eigenvalue weighted by molar-refractivity contribution is 0.0971. The van der Waals surface area contributed by atoms with Gasteiger partial charge in [-0.3, -0.25) is 4.79 Å². The Labute approximate surface area is 168 Å². The Morgan fingerprint density at radius 2 is 1.85 bits per heavy atom. The van der Waals surface area contributed by atoms with Crippen LogP contribution in [0.15, 0.2) is 54.6 Å². The lowest BCUT2D eigenvalue weighted by atomic mass is 10.0. The van der Waals surface area contributed by atoms with E-state index in [0.717, 1.165) is 18.5 Å². The number of ether oxygens (including phenoxy) is 1. The third-order valence-electron chi connectivity index (χ3n) is 4.19. The number of thiol groups is 1. The number of nitrogens with zero attached hydrogens (tertiary/aromatic N) is 1. The maximum Gasteiger partial charge on any atom is 0.182 e. The van der Waals surface area contributed by atoms with Crippen molar-refractivity contribution in [2.24, 2.45) is 0 Å². The van der Waals surface area contributed by atoms with E-state index in [2.05, 4.69) is 19.8 Å². The molecule has 2 aromatic rings. The van der Waals surface area contributed by atoms with Gasteiger partial charge < -0.3 is 13.7 Å². The summed E-state index contributed by atoms with van der Waals surface area (Å²) in [6.07, 6.45) is 1.80. The van der Waals surface area contributed by atoms with Gasteiger partial charge in [0.2, 0.25) is 0 Å². The molecule has 2 radical (unpaired) electrons. The maximum atomic E-state index is 12.7. The summed E-state index contributed by atoms with van der Waals surface area (Å²) in [5.74, 6) is 0.620. The summed E-state index contributed by atoms with van der Waals surface area (Å²) < 4.78 is 11.0. The van der Waals surface area contributed by atoms with Gasteiger partial charge in [-0.05, 0) is 50.0 Å². The van der Waals surface area contributed by atoms with E-state index in [9.17, 15) is 4.79 Å². The first kappa shape index (κ1) is 21.5. The number of hydrogen-bond acceptors (Lipinski definition) is 5. The number of para-hydroxylation sites is 1. The SMILES string of the molecule is [B]N(CCC)CC(COc1ccccc1C(=O)CCc1ccccc1)OS. The van der Waals surface area contributed by atoms with Crippen LogP contribution in [0.4, 0.5) is 0 Å². The predicted octanol–water partition coefficient (Wildman–Crippen LogP) is 3.91. The lowest BCUT2D eigenvalue weighted by Crippen LogP contribution is -2.35.